The molecule has 2 saturated heterocycles. The van der Waals surface area contributed by atoms with Gasteiger partial charge in [-0.15, -0.1) is 0 Å². The summed E-state index contributed by atoms with van der Waals surface area (Å²) in [6.45, 7) is 4.05. The summed E-state index contributed by atoms with van der Waals surface area (Å²) in [5.41, 5.74) is 0.730. The van der Waals surface area contributed by atoms with Gasteiger partial charge in [-0.05, 0) is 64.1 Å². The number of anilines is 1. The van der Waals surface area contributed by atoms with Gasteiger partial charge in [0, 0.05) is 25.2 Å². The Morgan fingerprint density at radius 2 is 1.88 bits per heavy atom. The number of nitrogens with one attached hydrogen (secondary N) is 1. The second-order valence-corrected chi connectivity index (χ2v) is 7.47. The Bertz CT molecular complexity index is 580. The van der Waals surface area contributed by atoms with Crippen LogP contribution in [-0.2, 0) is 0 Å². The minimum absolute atomic E-state index is 0.0204. The van der Waals surface area contributed by atoms with Crippen LogP contribution in [0, 0.1) is 0 Å². The van der Waals surface area contributed by atoms with Gasteiger partial charge in [0.2, 0.25) is 5.88 Å². The normalized spacial score (nSPS) is 24.8. The molecule has 4 rings (SSSR count). The van der Waals surface area contributed by atoms with E-state index in [0.29, 0.717) is 18.0 Å². The van der Waals surface area contributed by atoms with Crippen LogP contribution in [0.2, 0.25) is 0 Å². The molecule has 1 aromatic heterocycles. The molecule has 2 aliphatic heterocycles. The van der Waals surface area contributed by atoms with Gasteiger partial charge in [-0.25, -0.2) is 9.78 Å². The summed E-state index contributed by atoms with van der Waals surface area (Å²) in [4.78, 5) is 21.3. The molecule has 3 heterocycles. The number of hydrogen-bond acceptors (Lipinski definition) is 4. The van der Waals surface area contributed by atoms with E-state index in [0.717, 1.165) is 38.0 Å². The fraction of sp³-hybridized carbons (Fsp3) is 0.684. The quantitative estimate of drug-likeness (QED) is 0.912. The maximum atomic E-state index is 12.5. The standard InChI is InChI=1S/C19H28N4O2/c24-19(23-12-9-16(14-23)22-10-3-4-11-22)21-15-7-8-18(20-13-15)25-17-5-1-2-6-17/h7-8,13,16-17H,1-6,9-12,14H2,(H,21,24). The van der Waals surface area contributed by atoms with Crippen molar-refractivity contribution in [1.29, 1.82) is 0 Å². The molecule has 3 fully saturated rings. The first-order valence-electron chi connectivity index (χ1n) is 9.70. The van der Waals surface area contributed by atoms with E-state index >= 15 is 0 Å². The lowest BCUT2D eigenvalue weighted by Crippen LogP contribution is -2.38. The van der Waals surface area contributed by atoms with Crippen molar-refractivity contribution in [2.45, 2.75) is 57.1 Å². The molecule has 6 nitrogen and oxygen atoms in total. The first-order valence-corrected chi connectivity index (χ1v) is 9.70. The van der Waals surface area contributed by atoms with Crippen molar-refractivity contribution in [2.75, 3.05) is 31.5 Å². The first kappa shape index (κ1) is 16.6. The number of rotatable bonds is 4. The van der Waals surface area contributed by atoms with Gasteiger partial charge in [-0.1, -0.05) is 0 Å². The van der Waals surface area contributed by atoms with Crippen LogP contribution in [0.5, 0.6) is 5.88 Å². The van der Waals surface area contributed by atoms with Gasteiger partial charge in [-0.2, -0.15) is 0 Å². The number of likely N-dealkylation sites (tertiary alicyclic amines) is 2. The summed E-state index contributed by atoms with van der Waals surface area (Å²) in [6.07, 6.45) is 10.4. The minimum Gasteiger partial charge on any atom is -0.474 e. The first-order chi connectivity index (χ1) is 12.3. The summed E-state index contributed by atoms with van der Waals surface area (Å²) in [7, 11) is 0. The van der Waals surface area contributed by atoms with Crippen LogP contribution in [0.25, 0.3) is 0 Å². The number of carbonyl (C=O) groups is 1. The zero-order chi connectivity index (χ0) is 17.1. The van der Waals surface area contributed by atoms with E-state index in [1.807, 2.05) is 17.0 Å². The molecule has 0 aromatic carbocycles. The maximum Gasteiger partial charge on any atom is 0.321 e. The van der Waals surface area contributed by atoms with E-state index in [-0.39, 0.29) is 6.03 Å². The van der Waals surface area contributed by atoms with Crippen molar-refractivity contribution in [2.24, 2.45) is 0 Å². The highest BCUT2D eigenvalue weighted by Gasteiger charge is 2.31. The smallest absolute Gasteiger partial charge is 0.321 e. The van der Waals surface area contributed by atoms with Gasteiger partial charge < -0.3 is 15.0 Å². The summed E-state index contributed by atoms with van der Waals surface area (Å²) in [6, 6.07) is 4.25. The predicted octanol–water partition coefficient (Wildman–Crippen LogP) is 3.11. The maximum absolute atomic E-state index is 12.5. The molecule has 1 aliphatic carbocycles. The highest BCUT2D eigenvalue weighted by Crippen LogP contribution is 2.24. The molecule has 0 radical (unpaired) electrons. The van der Waals surface area contributed by atoms with Crippen molar-refractivity contribution in [1.82, 2.24) is 14.8 Å². The van der Waals surface area contributed by atoms with Crippen molar-refractivity contribution in [3.05, 3.63) is 18.3 Å². The van der Waals surface area contributed by atoms with Gasteiger partial charge >= 0.3 is 6.03 Å². The van der Waals surface area contributed by atoms with Crippen LogP contribution in [0.4, 0.5) is 10.5 Å². The Morgan fingerprint density at radius 3 is 2.60 bits per heavy atom. The molecule has 6 heteroatoms. The van der Waals surface area contributed by atoms with Gasteiger partial charge in [-0.3, -0.25) is 4.90 Å². The fourth-order valence-electron chi connectivity index (χ4n) is 4.23. The fourth-order valence-corrected chi connectivity index (χ4v) is 4.23. The summed E-state index contributed by atoms with van der Waals surface area (Å²) in [5.74, 6) is 0.653. The largest absolute Gasteiger partial charge is 0.474 e. The van der Waals surface area contributed by atoms with E-state index in [2.05, 4.69) is 15.2 Å². The topological polar surface area (TPSA) is 57.7 Å². The Labute approximate surface area is 149 Å². The molecule has 3 aliphatic rings. The molecule has 1 atom stereocenters. The second-order valence-electron chi connectivity index (χ2n) is 7.47. The van der Waals surface area contributed by atoms with Crippen molar-refractivity contribution in [3.63, 3.8) is 0 Å². The van der Waals surface area contributed by atoms with Crippen LogP contribution in [0.15, 0.2) is 18.3 Å². The number of ether oxygens (including phenoxy) is 1. The van der Waals surface area contributed by atoms with Crippen molar-refractivity contribution in [3.8, 4) is 5.88 Å². The molecule has 1 N–H and O–H groups in total. The average molecular weight is 344 g/mol. The molecule has 0 spiro atoms. The lowest BCUT2D eigenvalue weighted by atomic mass is 10.2. The van der Waals surface area contributed by atoms with E-state index in [9.17, 15) is 4.79 Å². The van der Waals surface area contributed by atoms with E-state index in [4.69, 9.17) is 4.74 Å². The van der Waals surface area contributed by atoms with Crippen LogP contribution >= 0.6 is 0 Å². The third-order valence-corrected chi connectivity index (χ3v) is 5.68. The van der Waals surface area contributed by atoms with E-state index in [1.54, 1.807) is 6.20 Å². The van der Waals surface area contributed by atoms with Crippen LogP contribution in [0.3, 0.4) is 0 Å². The van der Waals surface area contributed by atoms with E-state index in [1.165, 1.54) is 38.8 Å². The van der Waals surface area contributed by atoms with Crippen molar-refractivity contribution >= 4 is 11.7 Å². The molecule has 1 unspecified atom stereocenters. The summed E-state index contributed by atoms with van der Waals surface area (Å²) < 4.78 is 5.87. The van der Waals surface area contributed by atoms with Crippen LogP contribution < -0.4 is 10.1 Å². The van der Waals surface area contributed by atoms with E-state index < -0.39 is 0 Å². The van der Waals surface area contributed by atoms with Gasteiger partial charge in [0.15, 0.2) is 0 Å². The average Bonchev–Trinajstić information content (AvgIpc) is 3.38. The number of carbonyl (C=O) groups excluding carboxylic acids is 1. The Kier molecular flexibility index (Phi) is 5.06. The Balaban J connectivity index is 1.27. The minimum atomic E-state index is -0.0204. The zero-order valence-corrected chi connectivity index (χ0v) is 14.8. The lowest BCUT2D eigenvalue weighted by Gasteiger charge is -2.23. The molecule has 1 saturated carbocycles. The molecular weight excluding hydrogens is 316 g/mol. The monoisotopic (exact) mass is 344 g/mol. The molecule has 1 aromatic rings. The van der Waals surface area contributed by atoms with Gasteiger partial charge in [0.1, 0.15) is 6.10 Å². The number of urea groups is 1. The van der Waals surface area contributed by atoms with Gasteiger partial charge in [0.05, 0.1) is 11.9 Å². The molecule has 0 bridgehead atoms. The molecule has 2 amide bonds. The van der Waals surface area contributed by atoms with Crippen molar-refractivity contribution < 1.29 is 9.53 Å². The number of aromatic nitrogens is 1. The lowest BCUT2D eigenvalue weighted by molar-refractivity contribution is 0.201. The van der Waals surface area contributed by atoms with Gasteiger partial charge in [0.25, 0.3) is 0 Å². The number of hydrogen-bond donors (Lipinski definition) is 1. The number of nitrogens with zero attached hydrogens (tertiary/aromatic N) is 3. The zero-order valence-electron chi connectivity index (χ0n) is 14.8. The van der Waals surface area contributed by atoms with Crippen LogP contribution in [-0.4, -0.2) is 59.1 Å². The highest BCUT2D eigenvalue weighted by atomic mass is 16.5. The third kappa shape index (κ3) is 4.06. The molecule has 136 valence electrons. The summed E-state index contributed by atoms with van der Waals surface area (Å²) >= 11 is 0. The summed E-state index contributed by atoms with van der Waals surface area (Å²) in [5, 5.41) is 2.97. The SMILES string of the molecule is O=C(Nc1ccc(OC2CCCC2)nc1)N1CCC(N2CCCC2)C1. The Morgan fingerprint density at radius 1 is 1.08 bits per heavy atom. The van der Waals surface area contributed by atoms with Crippen LogP contribution in [0.1, 0.15) is 44.9 Å². The highest BCUT2D eigenvalue weighted by molar-refractivity contribution is 5.89. The third-order valence-electron chi connectivity index (χ3n) is 5.68. The molecule has 25 heavy (non-hydrogen) atoms. The predicted molar refractivity (Wildman–Crippen MR) is 96.9 cm³/mol. The Hall–Kier alpha value is -1.82. The number of pyridine rings is 1. The molecular formula is C19H28N4O2. The second kappa shape index (κ2) is 7.60. The number of amides is 2.